The minimum absolute atomic E-state index is 0.0457. The Bertz CT molecular complexity index is 1200. The first kappa shape index (κ1) is 19.4. The standard InChI is InChI=1S/C22H20N2O4S2/c25-18-14-21(24-7-9-26-10-8-24)28-19-13-15(5-6-16(18)19)27-11-12-29-22-23-17-3-1-2-4-20(17)30-22/h1-6,13-14H,7-12H2. The van der Waals surface area contributed by atoms with E-state index >= 15 is 0 Å². The van der Waals surface area contributed by atoms with Gasteiger partial charge in [-0.15, -0.1) is 11.3 Å². The summed E-state index contributed by atoms with van der Waals surface area (Å²) < 4.78 is 19.5. The molecule has 0 aliphatic carbocycles. The summed E-state index contributed by atoms with van der Waals surface area (Å²) in [6.07, 6.45) is 0. The molecule has 0 radical (unpaired) electrons. The molecule has 2 aromatic carbocycles. The number of anilines is 1. The molecule has 3 heterocycles. The highest BCUT2D eigenvalue weighted by atomic mass is 32.2. The molecular formula is C22H20N2O4S2. The number of thiazole rings is 1. The van der Waals surface area contributed by atoms with Crippen molar-refractivity contribution in [1.29, 1.82) is 0 Å². The molecule has 8 heteroatoms. The molecule has 154 valence electrons. The lowest BCUT2D eigenvalue weighted by atomic mass is 10.2. The maximum absolute atomic E-state index is 12.5. The van der Waals surface area contributed by atoms with Crippen molar-refractivity contribution in [3.63, 3.8) is 0 Å². The van der Waals surface area contributed by atoms with Crippen LogP contribution in [0.2, 0.25) is 0 Å². The molecule has 5 rings (SSSR count). The average molecular weight is 441 g/mol. The van der Waals surface area contributed by atoms with Crippen LogP contribution in [-0.2, 0) is 4.74 Å². The molecule has 30 heavy (non-hydrogen) atoms. The van der Waals surface area contributed by atoms with Crippen LogP contribution >= 0.6 is 23.1 Å². The summed E-state index contributed by atoms with van der Waals surface area (Å²) in [7, 11) is 0. The van der Waals surface area contributed by atoms with Crippen molar-refractivity contribution in [3.8, 4) is 5.75 Å². The second-order valence-electron chi connectivity index (χ2n) is 6.85. The molecule has 0 amide bonds. The number of fused-ring (bicyclic) bond motifs is 2. The zero-order valence-corrected chi connectivity index (χ0v) is 17.8. The van der Waals surface area contributed by atoms with Gasteiger partial charge in [-0.1, -0.05) is 23.9 Å². The summed E-state index contributed by atoms with van der Waals surface area (Å²) in [5.74, 6) is 2.06. The number of rotatable bonds is 6. The summed E-state index contributed by atoms with van der Waals surface area (Å²) in [5, 5.41) is 0.559. The number of benzene rings is 2. The molecule has 4 aromatic rings. The topological polar surface area (TPSA) is 64.8 Å². The maximum Gasteiger partial charge on any atom is 0.200 e. The van der Waals surface area contributed by atoms with Crippen molar-refractivity contribution in [3.05, 3.63) is 58.8 Å². The first-order chi connectivity index (χ1) is 14.8. The minimum Gasteiger partial charge on any atom is -0.493 e. The molecular weight excluding hydrogens is 420 g/mol. The van der Waals surface area contributed by atoms with E-state index in [9.17, 15) is 4.79 Å². The number of ether oxygens (including phenoxy) is 2. The van der Waals surface area contributed by atoms with E-state index in [1.54, 1.807) is 41.3 Å². The van der Waals surface area contributed by atoms with Gasteiger partial charge in [0.2, 0.25) is 0 Å². The van der Waals surface area contributed by atoms with Crippen molar-refractivity contribution in [2.24, 2.45) is 0 Å². The van der Waals surface area contributed by atoms with Crippen LogP contribution in [0.4, 0.5) is 5.88 Å². The van der Waals surface area contributed by atoms with Crippen LogP contribution in [0.5, 0.6) is 5.75 Å². The van der Waals surface area contributed by atoms with Gasteiger partial charge in [-0.3, -0.25) is 4.79 Å². The molecule has 0 atom stereocenters. The van der Waals surface area contributed by atoms with Gasteiger partial charge in [-0.2, -0.15) is 0 Å². The maximum atomic E-state index is 12.5. The highest BCUT2D eigenvalue weighted by molar-refractivity contribution is 8.01. The quantitative estimate of drug-likeness (QED) is 0.325. The molecule has 1 fully saturated rings. The summed E-state index contributed by atoms with van der Waals surface area (Å²) in [6.45, 7) is 3.25. The molecule has 6 nitrogen and oxygen atoms in total. The summed E-state index contributed by atoms with van der Waals surface area (Å²) >= 11 is 3.38. The fraction of sp³-hybridized carbons (Fsp3) is 0.273. The molecule has 1 aliphatic rings. The van der Waals surface area contributed by atoms with E-state index in [4.69, 9.17) is 13.9 Å². The monoisotopic (exact) mass is 440 g/mol. The largest absolute Gasteiger partial charge is 0.493 e. The molecule has 0 bridgehead atoms. The van der Waals surface area contributed by atoms with E-state index in [0.29, 0.717) is 55.5 Å². The van der Waals surface area contributed by atoms with E-state index in [1.807, 2.05) is 29.2 Å². The summed E-state index contributed by atoms with van der Waals surface area (Å²) in [4.78, 5) is 19.1. The second kappa shape index (κ2) is 8.67. The Kier molecular flexibility index (Phi) is 5.61. The molecule has 2 aromatic heterocycles. The van der Waals surface area contributed by atoms with Crippen LogP contribution in [0.25, 0.3) is 21.2 Å². The van der Waals surface area contributed by atoms with Gasteiger partial charge in [0.1, 0.15) is 11.3 Å². The van der Waals surface area contributed by atoms with Crippen molar-refractivity contribution in [1.82, 2.24) is 4.98 Å². The SMILES string of the molecule is O=c1cc(N2CCOCC2)oc2cc(OCCSc3nc4ccccc4s3)ccc12. The van der Waals surface area contributed by atoms with Crippen molar-refractivity contribution >= 4 is 50.2 Å². The van der Waals surface area contributed by atoms with Gasteiger partial charge in [0.25, 0.3) is 0 Å². The average Bonchev–Trinajstić information content (AvgIpc) is 3.20. The van der Waals surface area contributed by atoms with Crippen LogP contribution in [0, 0.1) is 0 Å². The van der Waals surface area contributed by atoms with Crippen molar-refractivity contribution in [2.75, 3.05) is 43.6 Å². The van der Waals surface area contributed by atoms with Crippen LogP contribution < -0.4 is 15.1 Å². The summed E-state index contributed by atoms with van der Waals surface area (Å²) in [6, 6.07) is 15.1. The van der Waals surface area contributed by atoms with E-state index in [-0.39, 0.29) is 5.43 Å². The Hall–Kier alpha value is -2.55. The van der Waals surface area contributed by atoms with Crippen LogP contribution in [0.15, 0.2) is 62.1 Å². The first-order valence-corrected chi connectivity index (χ1v) is 11.6. The molecule has 0 unspecified atom stereocenters. The van der Waals surface area contributed by atoms with Crippen molar-refractivity contribution < 1.29 is 13.9 Å². The van der Waals surface area contributed by atoms with Gasteiger partial charge in [0.15, 0.2) is 15.7 Å². The molecule has 0 spiro atoms. The normalized spacial score (nSPS) is 14.5. The zero-order valence-electron chi connectivity index (χ0n) is 16.2. The lowest BCUT2D eigenvalue weighted by molar-refractivity contribution is 0.121. The van der Waals surface area contributed by atoms with E-state index in [1.165, 1.54) is 4.70 Å². The third kappa shape index (κ3) is 4.16. The molecule has 1 saturated heterocycles. The summed E-state index contributed by atoms with van der Waals surface area (Å²) in [5.41, 5.74) is 1.53. The Balaban J connectivity index is 1.25. The number of aromatic nitrogens is 1. The fourth-order valence-corrected chi connectivity index (χ4v) is 5.31. The van der Waals surface area contributed by atoms with Crippen molar-refractivity contribution in [2.45, 2.75) is 4.34 Å². The predicted molar refractivity (Wildman–Crippen MR) is 121 cm³/mol. The van der Waals surface area contributed by atoms with Gasteiger partial charge in [0, 0.05) is 31.0 Å². The van der Waals surface area contributed by atoms with Gasteiger partial charge in [-0.05, 0) is 24.3 Å². The minimum atomic E-state index is -0.0457. The lowest BCUT2D eigenvalue weighted by Gasteiger charge is -2.27. The Labute approximate surface area is 181 Å². The fourth-order valence-electron chi connectivity index (χ4n) is 3.35. The van der Waals surface area contributed by atoms with E-state index in [2.05, 4.69) is 11.1 Å². The van der Waals surface area contributed by atoms with Gasteiger partial charge >= 0.3 is 0 Å². The Morgan fingerprint density at radius 1 is 1.13 bits per heavy atom. The number of thioether (sulfide) groups is 1. The van der Waals surface area contributed by atoms with Gasteiger partial charge in [-0.25, -0.2) is 4.98 Å². The molecule has 0 N–H and O–H groups in total. The molecule has 0 saturated carbocycles. The van der Waals surface area contributed by atoms with Gasteiger partial charge < -0.3 is 18.8 Å². The second-order valence-corrected chi connectivity index (χ2v) is 9.22. The first-order valence-electron chi connectivity index (χ1n) is 9.78. The third-order valence-corrected chi connectivity index (χ3v) is 7.01. The van der Waals surface area contributed by atoms with E-state index < -0.39 is 0 Å². The van der Waals surface area contributed by atoms with Crippen LogP contribution in [-0.4, -0.2) is 43.6 Å². The number of para-hydroxylation sites is 1. The number of hydrogen-bond acceptors (Lipinski definition) is 8. The Morgan fingerprint density at radius 2 is 2.00 bits per heavy atom. The van der Waals surface area contributed by atoms with Crippen LogP contribution in [0.3, 0.4) is 0 Å². The third-order valence-electron chi connectivity index (χ3n) is 4.86. The number of hydrogen-bond donors (Lipinski definition) is 0. The Morgan fingerprint density at radius 3 is 2.87 bits per heavy atom. The smallest absolute Gasteiger partial charge is 0.200 e. The van der Waals surface area contributed by atoms with E-state index in [0.717, 1.165) is 15.6 Å². The highest BCUT2D eigenvalue weighted by Gasteiger charge is 2.15. The highest BCUT2D eigenvalue weighted by Crippen LogP contribution is 2.29. The van der Waals surface area contributed by atoms with Crippen LogP contribution in [0.1, 0.15) is 0 Å². The number of nitrogens with zero attached hydrogens (tertiary/aromatic N) is 2. The van der Waals surface area contributed by atoms with Gasteiger partial charge in [0.05, 0.1) is 35.4 Å². The predicted octanol–water partition coefficient (Wildman–Crippen LogP) is 4.41. The lowest BCUT2D eigenvalue weighted by Crippen LogP contribution is -2.36. The molecule has 1 aliphatic heterocycles. The zero-order chi connectivity index (χ0) is 20.3. The number of morpholine rings is 1.